The van der Waals surface area contributed by atoms with Crippen LogP contribution in [0.25, 0.3) is 11.5 Å². The Kier molecular flexibility index (Phi) is 3.16. The van der Waals surface area contributed by atoms with E-state index in [1.165, 1.54) is 0 Å². The first-order valence-corrected chi connectivity index (χ1v) is 6.32. The van der Waals surface area contributed by atoms with Gasteiger partial charge in [-0.2, -0.15) is 0 Å². The SMILES string of the molecule is CC1COCCN1c1c[c]nc(-c2cncn2C)n1. The average molecular weight is 258 g/mol. The van der Waals surface area contributed by atoms with Crippen molar-refractivity contribution >= 4 is 5.82 Å². The van der Waals surface area contributed by atoms with Crippen molar-refractivity contribution < 1.29 is 4.74 Å². The summed E-state index contributed by atoms with van der Waals surface area (Å²) in [6.45, 7) is 4.43. The third-order valence-electron chi connectivity index (χ3n) is 3.29. The minimum atomic E-state index is 0.316. The first-order chi connectivity index (χ1) is 9.25. The Balaban J connectivity index is 1.94. The molecule has 6 heteroatoms. The van der Waals surface area contributed by atoms with E-state index in [2.05, 4.69) is 33.0 Å². The zero-order valence-corrected chi connectivity index (χ0v) is 11.1. The number of morpholine rings is 1. The fourth-order valence-electron chi connectivity index (χ4n) is 2.22. The predicted octanol–water partition coefficient (Wildman–Crippen LogP) is 0.902. The van der Waals surface area contributed by atoms with E-state index >= 15 is 0 Å². The normalized spacial score (nSPS) is 19.7. The Hall–Kier alpha value is -1.95. The topological polar surface area (TPSA) is 56.1 Å². The fraction of sp³-hybridized carbons (Fsp3) is 0.462. The van der Waals surface area contributed by atoms with Crippen LogP contribution in [0.2, 0.25) is 0 Å². The molecule has 0 saturated carbocycles. The van der Waals surface area contributed by atoms with Gasteiger partial charge in [-0.1, -0.05) is 0 Å². The second kappa shape index (κ2) is 4.97. The predicted molar refractivity (Wildman–Crippen MR) is 70.7 cm³/mol. The van der Waals surface area contributed by atoms with Gasteiger partial charge in [-0.05, 0) is 6.92 Å². The molecule has 2 aromatic heterocycles. The van der Waals surface area contributed by atoms with E-state index in [1.807, 2.05) is 17.7 Å². The van der Waals surface area contributed by atoms with Crippen LogP contribution in [0, 0.1) is 6.20 Å². The van der Waals surface area contributed by atoms with E-state index in [9.17, 15) is 0 Å². The number of aryl methyl sites for hydroxylation is 1. The number of anilines is 1. The zero-order chi connectivity index (χ0) is 13.2. The van der Waals surface area contributed by atoms with Crippen LogP contribution in [0.1, 0.15) is 6.92 Å². The lowest BCUT2D eigenvalue weighted by molar-refractivity contribution is 0.0985. The van der Waals surface area contributed by atoms with Gasteiger partial charge in [-0.25, -0.2) is 15.0 Å². The molecule has 1 radical (unpaired) electrons. The van der Waals surface area contributed by atoms with Crippen LogP contribution >= 0.6 is 0 Å². The fourth-order valence-corrected chi connectivity index (χ4v) is 2.22. The highest BCUT2D eigenvalue weighted by Crippen LogP contribution is 2.20. The maximum atomic E-state index is 5.45. The Bertz CT molecular complexity index is 568. The Labute approximate surface area is 112 Å². The lowest BCUT2D eigenvalue weighted by Crippen LogP contribution is -2.44. The highest BCUT2D eigenvalue weighted by molar-refractivity contribution is 5.52. The summed E-state index contributed by atoms with van der Waals surface area (Å²) in [5.41, 5.74) is 0.888. The van der Waals surface area contributed by atoms with E-state index in [-0.39, 0.29) is 0 Å². The summed E-state index contributed by atoms with van der Waals surface area (Å²) < 4.78 is 7.34. The number of hydrogen-bond donors (Lipinski definition) is 0. The van der Waals surface area contributed by atoms with Gasteiger partial charge in [0.1, 0.15) is 11.5 Å². The van der Waals surface area contributed by atoms with Gasteiger partial charge in [-0.15, -0.1) is 0 Å². The molecule has 0 amide bonds. The molecule has 3 heterocycles. The molecule has 0 aliphatic carbocycles. The highest BCUT2D eigenvalue weighted by atomic mass is 16.5. The van der Waals surface area contributed by atoms with Crippen molar-refractivity contribution in [2.24, 2.45) is 7.05 Å². The Morgan fingerprint density at radius 2 is 2.37 bits per heavy atom. The van der Waals surface area contributed by atoms with Gasteiger partial charge in [0.25, 0.3) is 0 Å². The molecule has 0 bridgehead atoms. The number of imidazole rings is 1. The molecule has 0 aromatic carbocycles. The molecule has 1 unspecified atom stereocenters. The van der Waals surface area contributed by atoms with E-state index in [1.54, 1.807) is 12.5 Å². The summed E-state index contributed by atoms with van der Waals surface area (Å²) in [6.07, 6.45) is 6.43. The lowest BCUT2D eigenvalue weighted by Gasteiger charge is -2.34. The molecule has 99 valence electrons. The molecule has 1 aliphatic heterocycles. The van der Waals surface area contributed by atoms with Crippen molar-refractivity contribution in [2.45, 2.75) is 13.0 Å². The molecule has 1 atom stereocenters. The monoisotopic (exact) mass is 258 g/mol. The lowest BCUT2D eigenvalue weighted by atomic mass is 10.2. The number of hydrogen-bond acceptors (Lipinski definition) is 5. The summed E-state index contributed by atoms with van der Waals surface area (Å²) in [6, 6.07) is 2.14. The molecule has 19 heavy (non-hydrogen) atoms. The van der Waals surface area contributed by atoms with E-state index < -0.39 is 0 Å². The Morgan fingerprint density at radius 1 is 1.47 bits per heavy atom. The molecule has 6 nitrogen and oxygen atoms in total. The van der Waals surface area contributed by atoms with Gasteiger partial charge in [0.15, 0.2) is 5.82 Å². The summed E-state index contributed by atoms with van der Waals surface area (Å²) >= 11 is 0. The smallest absolute Gasteiger partial charge is 0.180 e. The molecule has 1 aliphatic rings. The number of nitrogens with zero attached hydrogens (tertiary/aromatic N) is 5. The molecular formula is C13H16N5O. The molecule has 1 fully saturated rings. The van der Waals surface area contributed by atoms with Crippen molar-refractivity contribution in [3.8, 4) is 11.5 Å². The van der Waals surface area contributed by atoms with Crippen LogP contribution in [0.3, 0.4) is 0 Å². The quantitative estimate of drug-likeness (QED) is 0.801. The average Bonchev–Trinajstić information content (AvgIpc) is 2.86. The molecule has 3 rings (SSSR count). The van der Waals surface area contributed by atoms with Crippen molar-refractivity contribution in [2.75, 3.05) is 24.7 Å². The minimum absolute atomic E-state index is 0.316. The summed E-state index contributed by atoms with van der Waals surface area (Å²) in [5, 5.41) is 0. The first kappa shape index (κ1) is 12.1. The largest absolute Gasteiger partial charge is 0.377 e. The summed E-state index contributed by atoms with van der Waals surface area (Å²) in [7, 11) is 1.93. The van der Waals surface area contributed by atoms with Gasteiger partial charge < -0.3 is 14.2 Å². The van der Waals surface area contributed by atoms with Gasteiger partial charge in [0.2, 0.25) is 0 Å². The number of ether oxygens (including phenoxy) is 1. The maximum Gasteiger partial charge on any atom is 0.180 e. The van der Waals surface area contributed by atoms with Crippen LogP contribution in [0.4, 0.5) is 5.82 Å². The maximum absolute atomic E-state index is 5.45. The molecule has 0 spiro atoms. The summed E-state index contributed by atoms with van der Waals surface area (Å²) in [5.74, 6) is 1.54. The first-order valence-electron chi connectivity index (χ1n) is 6.32. The third kappa shape index (κ3) is 2.31. The number of aromatic nitrogens is 4. The van der Waals surface area contributed by atoms with Gasteiger partial charge in [0.05, 0.1) is 38.0 Å². The molecule has 2 aromatic rings. The standard InChI is InChI=1S/C13H16N5O/c1-10-8-19-6-5-18(10)12-3-4-15-13(16-12)11-7-14-9-17(11)2/h3,7,9-10H,5-6,8H2,1-2H3. The van der Waals surface area contributed by atoms with Gasteiger partial charge in [0, 0.05) is 19.7 Å². The highest BCUT2D eigenvalue weighted by Gasteiger charge is 2.21. The molecular weight excluding hydrogens is 242 g/mol. The van der Waals surface area contributed by atoms with Crippen LogP contribution in [0.5, 0.6) is 0 Å². The van der Waals surface area contributed by atoms with Crippen molar-refractivity contribution in [3.05, 3.63) is 24.8 Å². The minimum Gasteiger partial charge on any atom is -0.377 e. The van der Waals surface area contributed by atoms with Crippen LogP contribution in [-0.4, -0.2) is 45.3 Å². The second-order valence-corrected chi connectivity index (χ2v) is 4.69. The zero-order valence-electron chi connectivity index (χ0n) is 11.1. The van der Waals surface area contributed by atoms with E-state index in [0.29, 0.717) is 11.9 Å². The van der Waals surface area contributed by atoms with Gasteiger partial charge >= 0.3 is 0 Å². The molecule has 1 saturated heterocycles. The van der Waals surface area contributed by atoms with Gasteiger partial charge in [-0.3, -0.25) is 0 Å². The number of rotatable bonds is 2. The van der Waals surface area contributed by atoms with Crippen molar-refractivity contribution in [3.63, 3.8) is 0 Å². The Morgan fingerprint density at radius 3 is 3.11 bits per heavy atom. The summed E-state index contributed by atoms with van der Waals surface area (Å²) in [4.78, 5) is 15.1. The van der Waals surface area contributed by atoms with Crippen LogP contribution in [-0.2, 0) is 11.8 Å². The van der Waals surface area contributed by atoms with Crippen LogP contribution in [0.15, 0.2) is 18.6 Å². The molecule has 0 N–H and O–H groups in total. The van der Waals surface area contributed by atoms with Crippen LogP contribution < -0.4 is 4.90 Å². The van der Waals surface area contributed by atoms with Crippen molar-refractivity contribution in [1.29, 1.82) is 0 Å². The van der Waals surface area contributed by atoms with E-state index in [0.717, 1.165) is 31.3 Å². The second-order valence-electron chi connectivity index (χ2n) is 4.69. The van der Waals surface area contributed by atoms with E-state index in [4.69, 9.17) is 4.74 Å². The third-order valence-corrected chi connectivity index (χ3v) is 3.29. The van der Waals surface area contributed by atoms with Crippen molar-refractivity contribution in [1.82, 2.24) is 19.5 Å².